The monoisotopic (exact) mass is 418 g/mol. The zero-order valence-corrected chi connectivity index (χ0v) is 16.7. The van der Waals surface area contributed by atoms with Gasteiger partial charge in [0.25, 0.3) is 5.91 Å². The summed E-state index contributed by atoms with van der Waals surface area (Å²) in [4.78, 5) is 24.1. The van der Waals surface area contributed by atoms with Gasteiger partial charge < -0.3 is 14.8 Å². The number of sulfonamides is 1. The average molecular weight is 418 g/mol. The number of rotatable bonds is 7. The van der Waals surface area contributed by atoms with Crippen LogP contribution in [0.3, 0.4) is 0 Å². The molecule has 9 heteroatoms. The number of esters is 1. The lowest BCUT2D eigenvalue weighted by atomic mass is 10.1. The van der Waals surface area contributed by atoms with Crippen molar-refractivity contribution in [1.29, 1.82) is 0 Å². The first kappa shape index (κ1) is 20.8. The van der Waals surface area contributed by atoms with Gasteiger partial charge >= 0.3 is 5.97 Å². The van der Waals surface area contributed by atoms with Crippen molar-refractivity contribution >= 4 is 27.6 Å². The minimum Gasteiger partial charge on any atom is -0.482 e. The number of hydrogen-bond donors (Lipinski definition) is 2. The summed E-state index contributed by atoms with van der Waals surface area (Å²) in [6.45, 7) is 1.13. The fourth-order valence-corrected chi connectivity index (χ4v) is 3.55. The third kappa shape index (κ3) is 5.55. The number of nitrogens with two attached hydrogens (primary N) is 1. The quantitative estimate of drug-likeness (QED) is 0.660. The lowest BCUT2D eigenvalue weighted by Crippen LogP contribution is -2.31. The van der Waals surface area contributed by atoms with Crippen LogP contribution in [0.1, 0.15) is 24.5 Å². The van der Waals surface area contributed by atoms with Gasteiger partial charge in [0, 0.05) is 5.69 Å². The van der Waals surface area contributed by atoms with Crippen LogP contribution in [0.5, 0.6) is 5.75 Å². The summed E-state index contributed by atoms with van der Waals surface area (Å²) in [5.41, 5.74) is 2.89. The number of aryl methyl sites for hydroxylation is 2. The van der Waals surface area contributed by atoms with Crippen molar-refractivity contribution in [2.75, 3.05) is 11.9 Å². The topological polar surface area (TPSA) is 125 Å². The Bertz CT molecular complexity index is 1020. The molecule has 0 heterocycles. The minimum absolute atomic E-state index is 0.0707. The Kier molecular flexibility index (Phi) is 6.19. The molecule has 0 aliphatic heterocycles. The van der Waals surface area contributed by atoms with Gasteiger partial charge in [-0.05, 0) is 73.7 Å². The molecule has 2 aromatic rings. The molecule has 3 rings (SSSR count). The van der Waals surface area contributed by atoms with Crippen LogP contribution in [0.4, 0.5) is 5.69 Å². The van der Waals surface area contributed by atoms with Gasteiger partial charge in [-0.15, -0.1) is 0 Å². The van der Waals surface area contributed by atoms with Gasteiger partial charge in [-0.3, -0.25) is 4.79 Å². The third-order valence-electron chi connectivity index (χ3n) is 4.55. The Hall–Kier alpha value is -2.91. The van der Waals surface area contributed by atoms with E-state index < -0.39 is 28.0 Å². The first-order chi connectivity index (χ1) is 13.7. The number of amides is 1. The maximum Gasteiger partial charge on any atom is 0.344 e. The van der Waals surface area contributed by atoms with Gasteiger partial charge in [0.1, 0.15) is 5.75 Å². The molecule has 0 unspecified atom stereocenters. The van der Waals surface area contributed by atoms with E-state index in [0.29, 0.717) is 11.4 Å². The van der Waals surface area contributed by atoms with E-state index >= 15 is 0 Å². The highest BCUT2D eigenvalue weighted by molar-refractivity contribution is 7.89. The van der Waals surface area contributed by atoms with E-state index in [2.05, 4.69) is 5.32 Å². The van der Waals surface area contributed by atoms with Crippen molar-refractivity contribution < 1.29 is 27.5 Å². The fourth-order valence-electron chi connectivity index (χ4n) is 3.04. The molecule has 0 aromatic heterocycles. The smallest absolute Gasteiger partial charge is 0.344 e. The Labute approximate surface area is 169 Å². The van der Waals surface area contributed by atoms with Crippen LogP contribution < -0.4 is 15.2 Å². The van der Waals surface area contributed by atoms with Gasteiger partial charge in [-0.2, -0.15) is 0 Å². The number of ether oxygens (including phenoxy) is 2. The maximum atomic E-state index is 12.2. The molecular weight excluding hydrogens is 396 g/mol. The Morgan fingerprint density at radius 1 is 1.10 bits per heavy atom. The van der Waals surface area contributed by atoms with E-state index in [0.717, 1.165) is 19.3 Å². The summed E-state index contributed by atoms with van der Waals surface area (Å²) in [5.74, 6) is -0.633. The number of fused-ring (bicyclic) bond motifs is 1. The van der Waals surface area contributed by atoms with E-state index in [4.69, 9.17) is 14.6 Å². The van der Waals surface area contributed by atoms with Crippen molar-refractivity contribution in [2.24, 2.45) is 5.14 Å². The number of anilines is 1. The molecule has 0 radical (unpaired) electrons. The summed E-state index contributed by atoms with van der Waals surface area (Å²) in [6, 6.07) is 11.1. The highest BCUT2D eigenvalue weighted by Gasteiger charge is 2.19. The number of primary sulfonamides is 1. The van der Waals surface area contributed by atoms with Gasteiger partial charge in [0.05, 0.1) is 4.90 Å². The van der Waals surface area contributed by atoms with E-state index in [9.17, 15) is 18.0 Å². The van der Waals surface area contributed by atoms with E-state index in [1.807, 2.05) is 18.2 Å². The molecule has 0 spiro atoms. The van der Waals surface area contributed by atoms with E-state index in [-0.39, 0.29) is 11.5 Å². The van der Waals surface area contributed by atoms with E-state index in [1.54, 1.807) is 0 Å². The molecule has 154 valence electrons. The molecule has 29 heavy (non-hydrogen) atoms. The minimum atomic E-state index is -3.81. The van der Waals surface area contributed by atoms with Crippen molar-refractivity contribution in [3.63, 3.8) is 0 Å². The molecule has 0 fully saturated rings. The molecule has 2 aromatic carbocycles. The zero-order valence-electron chi connectivity index (χ0n) is 15.9. The van der Waals surface area contributed by atoms with Gasteiger partial charge in [0.2, 0.25) is 10.0 Å². The zero-order chi connectivity index (χ0) is 21.0. The Morgan fingerprint density at radius 3 is 2.48 bits per heavy atom. The first-order valence-electron chi connectivity index (χ1n) is 9.10. The molecule has 1 atom stereocenters. The standard InChI is InChI=1S/C20H22N2O6S/c1-13(20(24)22-16-6-9-18(10-7-16)29(21,25)26)28-19(23)12-27-17-8-5-14-3-2-4-15(14)11-17/h5-11,13H,2-4,12H2,1H3,(H,22,24)(H2,21,25,26)/t13-/m1/s1. The summed E-state index contributed by atoms with van der Waals surface area (Å²) in [5, 5.41) is 7.56. The molecule has 3 N–H and O–H groups in total. The third-order valence-corrected chi connectivity index (χ3v) is 5.48. The lowest BCUT2D eigenvalue weighted by Gasteiger charge is -2.14. The highest BCUT2D eigenvalue weighted by atomic mass is 32.2. The molecular formula is C20H22N2O6S. The predicted octanol–water partition coefficient (Wildman–Crippen LogP) is 1.77. The van der Waals surface area contributed by atoms with Gasteiger partial charge in [-0.1, -0.05) is 6.07 Å². The molecule has 0 bridgehead atoms. The maximum absolute atomic E-state index is 12.2. The largest absolute Gasteiger partial charge is 0.482 e. The SMILES string of the molecule is C[C@@H](OC(=O)COc1ccc2c(c1)CCC2)C(=O)Nc1ccc(S(N)(=O)=O)cc1. The summed E-state index contributed by atoms with van der Waals surface area (Å²) < 4.78 is 33.0. The summed E-state index contributed by atoms with van der Waals surface area (Å²) >= 11 is 0. The summed E-state index contributed by atoms with van der Waals surface area (Å²) in [7, 11) is -3.81. The fraction of sp³-hybridized carbons (Fsp3) is 0.300. The van der Waals surface area contributed by atoms with Gasteiger partial charge in [0.15, 0.2) is 12.7 Å². The second-order valence-corrected chi connectivity index (χ2v) is 8.32. The second kappa shape index (κ2) is 8.62. The van der Waals surface area contributed by atoms with Gasteiger partial charge in [-0.25, -0.2) is 18.4 Å². The van der Waals surface area contributed by atoms with Crippen LogP contribution >= 0.6 is 0 Å². The highest BCUT2D eigenvalue weighted by Crippen LogP contribution is 2.26. The Morgan fingerprint density at radius 2 is 1.79 bits per heavy atom. The molecule has 1 aliphatic carbocycles. The van der Waals surface area contributed by atoms with Crippen molar-refractivity contribution in [2.45, 2.75) is 37.2 Å². The van der Waals surface area contributed by atoms with Crippen LogP contribution in [0.15, 0.2) is 47.4 Å². The molecule has 1 amide bonds. The van der Waals surface area contributed by atoms with Crippen molar-refractivity contribution in [3.8, 4) is 5.75 Å². The van der Waals surface area contributed by atoms with E-state index in [1.165, 1.54) is 42.3 Å². The van der Waals surface area contributed by atoms with Crippen LogP contribution in [0.2, 0.25) is 0 Å². The Balaban J connectivity index is 1.48. The first-order valence-corrected chi connectivity index (χ1v) is 10.6. The van der Waals surface area contributed by atoms with Crippen LogP contribution in [0, 0.1) is 0 Å². The van der Waals surface area contributed by atoms with Crippen LogP contribution in [-0.2, 0) is 37.2 Å². The normalized spacial score (nSPS) is 14.0. The average Bonchev–Trinajstić information content (AvgIpc) is 3.14. The predicted molar refractivity (Wildman–Crippen MR) is 106 cm³/mol. The number of nitrogens with one attached hydrogen (secondary N) is 1. The molecule has 8 nitrogen and oxygen atoms in total. The molecule has 1 aliphatic rings. The number of carbonyl (C=O) groups is 2. The number of benzene rings is 2. The van der Waals surface area contributed by atoms with Crippen molar-refractivity contribution in [1.82, 2.24) is 0 Å². The second-order valence-electron chi connectivity index (χ2n) is 6.76. The molecule has 0 saturated carbocycles. The lowest BCUT2D eigenvalue weighted by molar-refractivity contribution is -0.155. The summed E-state index contributed by atoms with van der Waals surface area (Å²) in [6.07, 6.45) is 2.14. The number of carbonyl (C=O) groups excluding carboxylic acids is 2. The van der Waals surface area contributed by atoms with Crippen LogP contribution in [-0.4, -0.2) is 33.0 Å². The molecule has 0 saturated heterocycles. The number of hydrogen-bond acceptors (Lipinski definition) is 6. The van der Waals surface area contributed by atoms with Crippen molar-refractivity contribution in [3.05, 3.63) is 53.6 Å². The van der Waals surface area contributed by atoms with Crippen LogP contribution in [0.25, 0.3) is 0 Å².